The minimum atomic E-state index is -0.389. The second-order valence-electron chi connectivity index (χ2n) is 30.6. The average molecular weight is 1340 g/mol. The molecule has 12 rings (SSSR count). The smallest absolute Gasteiger partial charge is 0.399 e. The maximum absolute atomic E-state index is 9.17. The maximum Gasteiger partial charge on any atom is 0.498 e. The van der Waals surface area contributed by atoms with Crippen molar-refractivity contribution >= 4 is 50.3 Å². The minimum Gasteiger partial charge on any atom is -0.399 e. The highest BCUT2D eigenvalue weighted by molar-refractivity contribution is 6.63. The van der Waals surface area contributed by atoms with Crippen molar-refractivity contribution in [3.63, 3.8) is 0 Å². The first-order valence-electron chi connectivity index (χ1n) is 34.1. The van der Waals surface area contributed by atoms with Crippen LogP contribution in [0.15, 0.2) is 61.7 Å². The quantitative estimate of drug-likeness (QED) is 0.0910. The fourth-order valence-corrected chi connectivity index (χ4v) is 13.3. The van der Waals surface area contributed by atoms with Gasteiger partial charge in [0, 0.05) is 77.5 Å². The molecule has 3 atom stereocenters. The number of H-pyrrole nitrogens is 1. The standard InChI is InChI=1S/3C17H26BN3O2.C9H15BN2O2.C8H11N.5CH4/c3*1-16(2)17(3,4)23-18(22-16)14-11-20-21(12-14)15(9-10-19)13-7-5-6-8-13;1-8(2)9(3,4)14-10(13-8)7-5-11-12-6-7;9-7-3-6-8-4-1-2-5-8;;;;;/h3*11-13,15H,5-9H2,1-4H3;5-6H,1-4H3,(H,11,12);3,6,8H,1-2,4-5H2;5*1H4/t2*15-;;;;;;;;/m10......../s1. The highest BCUT2D eigenvalue weighted by atomic mass is 16.7. The number of nitriles is 4. The Bertz CT molecular complexity index is 2880. The molecule has 8 fully saturated rings. The molecule has 0 spiro atoms. The van der Waals surface area contributed by atoms with E-state index in [0.29, 0.717) is 42.9 Å². The lowest BCUT2D eigenvalue weighted by Crippen LogP contribution is -2.41. The molecule has 1 unspecified atom stereocenters. The summed E-state index contributed by atoms with van der Waals surface area (Å²) in [5, 5.41) is 55.9. The Labute approximate surface area is 587 Å². The molecule has 1 N–H and O–H groups in total. The highest BCUT2D eigenvalue weighted by Gasteiger charge is 2.55. The van der Waals surface area contributed by atoms with Gasteiger partial charge in [-0.3, -0.25) is 19.1 Å². The Kier molecular flexibility index (Phi) is 31.5. The molecule has 4 saturated heterocycles. The number of nitrogens with zero attached hydrogens (tertiary/aromatic N) is 11. The molecule has 0 aromatic carbocycles. The highest BCUT2D eigenvalue weighted by Crippen LogP contribution is 2.42. The van der Waals surface area contributed by atoms with Crippen LogP contribution in [0.4, 0.5) is 0 Å². The molecule has 97 heavy (non-hydrogen) atoms. The molecule has 24 heteroatoms. The normalized spacial score (nSPS) is 23.0. The maximum atomic E-state index is 9.17. The van der Waals surface area contributed by atoms with E-state index in [0.717, 1.165) is 21.9 Å². The van der Waals surface area contributed by atoms with Gasteiger partial charge in [0.05, 0.1) is 106 Å². The van der Waals surface area contributed by atoms with Crippen LogP contribution < -0.4 is 21.9 Å². The van der Waals surface area contributed by atoms with Crippen molar-refractivity contribution in [1.82, 2.24) is 39.5 Å². The van der Waals surface area contributed by atoms with Gasteiger partial charge in [0.15, 0.2) is 0 Å². The summed E-state index contributed by atoms with van der Waals surface area (Å²) in [5.41, 5.74) is 1.07. The third kappa shape index (κ3) is 20.6. The summed E-state index contributed by atoms with van der Waals surface area (Å²) in [7, 11) is -1.47. The van der Waals surface area contributed by atoms with Gasteiger partial charge in [-0.2, -0.15) is 41.4 Å². The second kappa shape index (κ2) is 35.7. The van der Waals surface area contributed by atoms with Gasteiger partial charge in [-0.15, -0.1) is 0 Å². The molecule has 20 nitrogen and oxygen atoms in total. The van der Waals surface area contributed by atoms with E-state index in [1.165, 1.54) is 103 Å². The van der Waals surface area contributed by atoms with Crippen LogP contribution in [-0.4, -0.2) is 113 Å². The summed E-state index contributed by atoms with van der Waals surface area (Å²) < 4.78 is 54.1. The van der Waals surface area contributed by atoms with Crippen molar-refractivity contribution in [3.8, 4) is 24.3 Å². The number of nitrogens with one attached hydrogen (secondary N) is 1. The average Bonchev–Trinajstić information content (AvgIpc) is 1.64. The van der Waals surface area contributed by atoms with Crippen LogP contribution in [0.1, 0.15) is 288 Å². The van der Waals surface area contributed by atoms with E-state index in [4.69, 9.17) is 42.5 Å². The molecule has 0 amide bonds. The van der Waals surface area contributed by atoms with Gasteiger partial charge in [-0.1, -0.05) is 94.6 Å². The molecular formula is C73H124B4N12O8. The molecule has 8 heterocycles. The molecule has 8 aliphatic rings. The van der Waals surface area contributed by atoms with Crippen molar-refractivity contribution < 1.29 is 37.2 Å². The van der Waals surface area contributed by atoms with Crippen LogP contribution >= 0.6 is 0 Å². The molecule has 536 valence electrons. The summed E-state index contributed by atoms with van der Waals surface area (Å²) in [6.07, 6.45) is 40.2. The number of hydrogen-bond acceptors (Lipinski definition) is 16. The van der Waals surface area contributed by atoms with Crippen LogP contribution in [0.2, 0.25) is 0 Å². The molecule has 4 aliphatic carbocycles. The summed E-state index contributed by atoms with van der Waals surface area (Å²) in [6, 6.07) is 9.48. The van der Waals surface area contributed by atoms with E-state index in [1.54, 1.807) is 18.5 Å². The Balaban J connectivity index is 0.000000321. The number of aromatic amines is 1. The predicted molar refractivity (Wildman–Crippen MR) is 392 cm³/mol. The van der Waals surface area contributed by atoms with Crippen LogP contribution in [0, 0.1) is 69.0 Å². The zero-order valence-electron chi connectivity index (χ0n) is 58.2. The number of aromatic nitrogens is 8. The molecule has 4 aliphatic heterocycles. The van der Waals surface area contributed by atoms with Gasteiger partial charge in [-0.25, -0.2) is 0 Å². The lowest BCUT2D eigenvalue weighted by molar-refractivity contribution is 0.00578. The van der Waals surface area contributed by atoms with Crippen molar-refractivity contribution in [3.05, 3.63) is 61.7 Å². The Morgan fingerprint density at radius 1 is 0.412 bits per heavy atom. The van der Waals surface area contributed by atoms with Crippen molar-refractivity contribution in [2.24, 2.45) is 23.7 Å². The van der Waals surface area contributed by atoms with Crippen molar-refractivity contribution in [2.45, 2.75) is 333 Å². The van der Waals surface area contributed by atoms with Crippen molar-refractivity contribution in [2.75, 3.05) is 0 Å². The van der Waals surface area contributed by atoms with E-state index in [-0.39, 0.29) is 129 Å². The summed E-state index contributed by atoms with van der Waals surface area (Å²) in [6.45, 7) is 32.7. The fourth-order valence-electron chi connectivity index (χ4n) is 13.3. The summed E-state index contributed by atoms with van der Waals surface area (Å²) >= 11 is 0. The second-order valence-corrected chi connectivity index (χ2v) is 30.6. The van der Waals surface area contributed by atoms with Crippen LogP contribution in [-0.2, 0) is 37.2 Å². The van der Waals surface area contributed by atoms with Gasteiger partial charge in [-0.05, 0) is 186 Å². The van der Waals surface area contributed by atoms with E-state index >= 15 is 0 Å². The van der Waals surface area contributed by atoms with Gasteiger partial charge in [0.25, 0.3) is 0 Å². The predicted octanol–water partition coefficient (Wildman–Crippen LogP) is 14.6. The van der Waals surface area contributed by atoms with Crippen LogP contribution in [0.5, 0.6) is 0 Å². The van der Waals surface area contributed by atoms with E-state index < -0.39 is 0 Å². The van der Waals surface area contributed by atoms with Gasteiger partial charge in [0.2, 0.25) is 0 Å². The number of hydrogen-bond donors (Lipinski definition) is 1. The van der Waals surface area contributed by atoms with Gasteiger partial charge < -0.3 is 37.2 Å². The first-order chi connectivity index (χ1) is 43.4. The van der Waals surface area contributed by atoms with Crippen molar-refractivity contribution in [1.29, 1.82) is 21.0 Å². The topological polar surface area (TPSA) is 251 Å². The Hall–Kier alpha value is -5.52. The molecule has 4 aromatic rings. The van der Waals surface area contributed by atoms with Gasteiger partial charge in [0.1, 0.15) is 0 Å². The lowest BCUT2D eigenvalue weighted by atomic mass is 9.82. The number of allylic oxidation sites excluding steroid dienone is 2. The first-order valence-corrected chi connectivity index (χ1v) is 34.1. The third-order valence-corrected chi connectivity index (χ3v) is 22.1. The minimum absolute atomic E-state index is 0. The molecule has 0 radical (unpaired) electrons. The van der Waals surface area contributed by atoms with E-state index in [9.17, 15) is 15.8 Å². The largest absolute Gasteiger partial charge is 0.498 e. The first kappa shape index (κ1) is 85.7. The molecule has 4 aromatic heterocycles. The fraction of sp³-hybridized carbons (Fsp3) is 0.753. The third-order valence-electron chi connectivity index (χ3n) is 22.1. The Morgan fingerprint density at radius 3 is 0.887 bits per heavy atom. The lowest BCUT2D eigenvalue weighted by Gasteiger charge is -2.32. The van der Waals surface area contributed by atoms with E-state index in [2.05, 4.69) is 127 Å². The molecular weight excluding hydrogens is 1220 g/mol. The van der Waals surface area contributed by atoms with Gasteiger partial charge >= 0.3 is 28.5 Å². The van der Waals surface area contributed by atoms with E-state index in [1.807, 2.05) is 91.1 Å². The molecule has 4 saturated carbocycles. The zero-order chi connectivity index (χ0) is 66.9. The summed E-state index contributed by atoms with van der Waals surface area (Å²) in [4.78, 5) is 0. The monoisotopic (exact) mass is 1340 g/mol. The Morgan fingerprint density at radius 2 is 0.660 bits per heavy atom. The zero-order valence-corrected chi connectivity index (χ0v) is 58.2. The molecule has 0 bridgehead atoms. The van der Waals surface area contributed by atoms with Crippen LogP contribution in [0.25, 0.3) is 0 Å². The SMILES string of the molecule is C.C.C.C.C.CC1(C)OB(c2cn[nH]c2)OC1(C)C.CC1(C)OB(c2cnn(C(CC#N)C3CCCC3)c2)OC1(C)C.CC1(C)OB(c2cnn([C@@H](CC#N)C3CCCC3)c2)OC1(C)C.CC1(C)OB(c2cnn([C@H](CC#N)C3CCCC3)c2)OC1(C)C.N#CC=CC1CCCC1. The number of rotatable bonds is 14. The van der Waals surface area contributed by atoms with Crippen LogP contribution in [0.3, 0.4) is 0 Å². The summed E-state index contributed by atoms with van der Waals surface area (Å²) in [5.74, 6) is 2.38.